The fourth-order valence-electron chi connectivity index (χ4n) is 4.29. The van der Waals surface area contributed by atoms with Gasteiger partial charge in [-0.05, 0) is 37.9 Å². The molecule has 7 nitrogen and oxygen atoms in total. The molecule has 0 aromatic carbocycles. The lowest BCUT2D eigenvalue weighted by atomic mass is 10.2. The maximum absolute atomic E-state index is 13.9. The van der Waals surface area contributed by atoms with Gasteiger partial charge in [0.05, 0.1) is 12.7 Å². The van der Waals surface area contributed by atoms with Crippen molar-refractivity contribution in [2.24, 2.45) is 4.99 Å². The number of hydrogen-bond acceptors (Lipinski definition) is 5. The third-order valence-corrected chi connectivity index (χ3v) is 5.75. The van der Waals surface area contributed by atoms with Crippen LogP contribution in [0.15, 0.2) is 23.3 Å². The van der Waals surface area contributed by atoms with E-state index in [1.807, 2.05) is 4.90 Å². The van der Waals surface area contributed by atoms with Crippen molar-refractivity contribution in [2.75, 3.05) is 51.3 Å². The van der Waals surface area contributed by atoms with E-state index in [0.29, 0.717) is 18.4 Å². The number of nitrogens with one attached hydrogen (secondary N) is 2. The van der Waals surface area contributed by atoms with E-state index in [-0.39, 0.29) is 41.9 Å². The molecule has 3 aliphatic rings. The minimum Gasteiger partial charge on any atom is -0.373 e. The summed E-state index contributed by atoms with van der Waals surface area (Å²) < 4.78 is 19.9. The Kier molecular flexibility index (Phi) is 7.69. The lowest BCUT2D eigenvalue weighted by Crippen LogP contribution is -2.52. The van der Waals surface area contributed by atoms with Crippen molar-refractivity contribution in [1.29, 1.82) is 0 Å². The number of morpholine rings is 1. The van der Waals surface area contributed by atoms with Crippen LogP contribution in [0.1, 0.15) is 19.3 Å². The van der Waals surface area contributed by atoms with Gasteiger partial charge in [-0.2, -0.15) is 0 Å². The number of anilines is 1. The lowest BCUT2D eigenvalue weighted by molar-refractivity contribution is -0.0453. The number of guanidine groups is 1. The highest BCUT2D eigenvalue weighted by molar-refractivity contribution is 14.0. The standard InChI is InChI=1S/C19H29FN6O.HI/c1-21-19(23-10-16-12-25-8-3-4-15(25)13-27-16)24-14-6-9-26(11-14)18-17(20)5-2-7-22-18;/h2,5,7,14-16H,3-4,6,8-13H2,1H3,(H2,21,23,24);1H. The van der Waals surface area contributed by atoms with Crippen LogP contribution in [0.4, 0.5) is 10.2 Å². The first-order valence-corrected chi connectivity index (χ1v) is 9.91. The molecule has 9 heteroatoms. The highest BCUT2D eigenvalue weighted by atomic mass is 127. The lowest BCUT2D eigenvalue weighted by Gasteiger charge is -2.35. The third kappa shape index (κ3) is 5.04. The van der Waals surface area contributed by atoms with Gasteiger partial charge in [0.1, 0.15) is 0 Å². The molecule has 3 saturated heterocycles. The SMILES string of the molecule is CN=C(NCC1CN2CCCC2CO1)NC1CCN(c2ncccc2F)C1.I. The van der Waals surface area contributed by atoms with Gasteiger partial charge in [0.25, 0.3) is 0 Å². The summed E-state index contributed by atoms with van der Waals surface area (Å²) in [5.74, 6) is 0.936. The van der Waals surface area contributed by atoms with Gasteiger partial charge in [-0.25, -0.2) is 9.37 Å². The van der Waals surface area contributed by atoms with E-state index in [2.05, 4.69) is 25.5 Å². The number of fused-ring (bicyclic) bond motifs is 1. The molecule has 3 atom stereocenters. The minimum atomic E-state index is -0.268. The van der Waals surface area contributed by atoms with Crippen molar-refractivity contribution >= 4 is 35.8 Å². The quantitative estimate of drug-likeness (QED) is 0.368. The van der Waals surface area contributed by atoms with Crippen molar-refractivity contribution in [1.82, 2.24) is 20.5 Å². The molecule has 28 heavy (non-hydrogen) atoms. The Bertz CT molecular complexity index is 678. The predicted molar refractivity (Wildman–Crippen MR) is 119 cm³/mol. The zero-order valence-electron chi connectivity index (χ0n) is 16.3. The van der Waals surface area contributed by atoms with Crippen molar-refractivity contribution < 1.29 is 9.13 Å². The summed E-state index contributed by atoms with van der Waals surface area (Å²) in [7, 11) is 1.78. The molecule has 0 amide bonds. The van der Waals surface area contributed by atoms with E-state index in [1.54, 1.807) is 19.3 Å². The first-order valence-electron chi connectivity index (χ1n) is 9.91. The van der Waals surface area contributed by atoms with Crippen LogP contribution in [0.2, 0.25) is 0 Å². The van der Waals surface area contributed by atoms with Gasteiger partial charge >= 0.3 is 0 Å². The smallest absolute Gasteiger partial charge is 0.191 e. The monoisotopic (exact) mass is 504 g/mol. The molecule has 3 unspecified atom stereocenters. The number of nitrogens with zero attached hydrogens (tertiary/aromatic N) is 4. The zero-order valence-corrected chi connectivity index (χ0v) is 18.6. The van der Waals surface area contributed by atoms with Gasteiger partial charge in [-0.3, -0.25) is 9.89 Å². The summed E-state index contributed by atoms with van der Waals surface area (Å²) in [5.41, 5.74) is 0. The number of hydrogen-bond donors (Lipinski definition) is 2. The van der Waals surface area contributed by atoms with Gasteiger partial charge < -0.3 is 20.3 Å². The number of rotatable bonds is 4. The zero-order chi connectivity index (χ0) is 18.6. The van der Waals surface area contributed by atoms with Crippen LogP contribution in [-0.2, 0) is 4.74 Å². The average Bonchev–Trinajstić information content (AvgIpc) is 3.34. The van der Waals surface area contributed by atoms with Crippen LogP contribution in [0.25, 0.3) is 0 Å². The second-order valence-corrected chi connectivity index (χ2v) is 7.58. The summed E-state index contributed by atoms with van der Waals surface area (Å²) in [6, 6.07) is 3.91. The highest BCUT2D eigenvalue weighted by Crippen LogP contribution is 2.22. The number of ether oxygens (including phenoxy) is 1. The van der Waals surface area contributed by atoms with Gasteiger partial charge in [0, 0.05) is 51.5 Å². The maximum atomic E-state index is 13.9. The van der Waals surface area contributed by atoms with E-state index in [4.69, 9.17) is 4.74 Å². The van der Waals surface area contributed by atoms with Gasteiger partial charge in [-0.1, -0.05) is 0 Å². The fourth-order valence-corrected chi connectivity index (χ4v) is 4.29. The van der Waals surface area contributed by atoms with Crippen LogP contribution < -0.4 is 15.5 Å². The van der Waals surface area contributed by atoms with Crippen LogP contribution in [0, 0.1) is 5.82 Å². The average molecular weight is 504 g/mol. The molecule has 1 aromatic rings. The molecule has 0 aliphatic carbocycles. The Morgan fingerprint density at radius 3 is 3.07 bits per heavy atom. The Hall–Kier alpha value is -1.20. The molecule has 4 heterocycles. The minimum absolute atomic E-state index is 0. The van der Waals surface area contributed by atoms with Crippen LogP contribution >= 0.6 is 24.0 Å². The molecule has 0 saturated carbocycles. The first-order chi connectivity index (χ1) is 13.2. The predicted octanol–water partition coefficient (Wildman–Crippen LogP) is 1.45. The number of halogens is 2. The Morgan fingerprint density at radius 1 is 1.36 bits per heavy atom. The highest BCUT2D eigenvalue weighted by Gasteiger charge is 2.32. The van der Waals surface area contributed by atoms with Crippen molar-refractivity contribution in [3.05, 3.63) is 24.1 Å². The van der Waals surface area contributed by atoms with Crippen LogP contribution in [0.5, 0.6) is 0 Å². The summed E-state index contributed by atoms with van der Waals surface area (Å²) in [6.07, 6.45) is 5.30. The molecule has 0 bridgehead atoms. The van der Waals surface area contributed by atoms with Crippen LogP contribution in [0.3, 0.4) is 0 Å². The molecule has 0 spiro atoms. The van der Waals surface area contributed by atoms with Crippen molar-refractivity contribution in [3.8, 4) is 0 Å². The Balaban J connectivity index is 0.00000225. The van der Waals surface area contributed by atoms with Gasteiger partial charge in [0.15, 0.2) is 17.6 Å². The van der Waals surface area contributed by atoms with E-state index in [0.717, 1.165) is 38.6 Å². The van der Waals surface area contributed by atoms with Gasteiger partial charge in [0.2, 0.25) is 0 Å². The summed E-state index contributed by atoms with van der Waals surface area (Å²) in [5, 5.41) is 6.84. The number of aliphatic imine (C=N–C) groups is 1. The maximum Gasteiger partial charge on any atom is 0.191 e. The number of pyridine rings is 1. The Labute approximate surface area is 183 Å². The Morgan fingerprint density at radius 2 is 2.25 bits per heavy atom. The second kappa shape index (κ2) is 10.0. The van der Waals surface area contributed by atoms with E-state index >= 15 is 0 Å². The summed E-state index contributed by atoms with van der Waals surface area (Å²) in [6.45, 7) is 5.26. The number of aromatic nitrogens is 1. The molecule has 1 aromatic heterocycles. The van der Waals surface area contributed by atoms with Crippen molar-refractivity contribution in [2.45, 2.75) is 37.5 Å². The fraction of sp³-hybridized carbons (Fsp3) is 0.684. The summed E-state index contributed by atoms with van der Waals surface area (Å²) in [4.78, 5) is 13.0. The van der Waals surface area contributed by atoms with E-state index in [9.17, 15) is 4.39 Å². The van der Waals surface area contributed by atoms with E-state index < -0.39 is 0 Å². The van der Waals surface area contributed by atoms with Crippen LogP contribution in [-0.4, -0.2) is 80.4 Å². The molecular formula is C19H30FIN6O. The molecule has 2 N–H and O–H groups in total. The van der Waals surface area contributed by atoms with E-state index in [1.165, 1.54) is 25.5 Å². The molecule has 156 valence electrons. The first kappa shape index (κ1) is 21.5. The molecular weight excluding hydrogens is 474 g/mol. The molecule has 3 fully saturated rings. The third-order valence-electron chi connectivity index (χ3n) is 5.75. The largest absolute Gasteiger partial charge is 0.373 e. The molecule has 3 aliphatic heterocycles. The second-order valence-electron chi connectivity index (χ2n) is 7.58. The summed E-state index contributed by atoms with van der Waals surface area (Å²) >= 11 is 0. The molecule has 0 radical (unpaired) electrons. The van der Waals surface area contributed by atoms with Crippen molar-refractivity contribution in [3.63, 3.8) is 0 Å². The normalized spacial score (nSPS) is 28.0. The topological polar surface area (TPSA) is 65.0 Å². The van der Waals surface area contributed by atoms with Gasteiger partial charge in [-0.15, -0.1) is 24.0 Å². The molecule has 4 rings (SSSR count).